The van der Waals surface area contributed by atoms with Crippen LogP contribution in [0.2, 0.25) is 0 Å². The van der Waals surface area contributed by atoms with E-state index in [4.69, 9.17) is 10.5 Å². The molecule has 0 unspecified atom stereocenters. The van der Waals surface area contributed by atoms with E-state index in [1.54, 1.807) is 0 Å². The average molecular weight is 247 g/mol. The van der Waals surface area contributed by atoms with Crippen LogP contribution in [0.1, 0.15) is 22.3 Å². The smallest absolute Gasteiger partial charge is 0.416 e. The molecule has 0 saturated carbocycles. The van der Waals surface area contributed by atoms with Gasteiger partial charge in [0.25, 0.3) is 0 Å². The third-order valence-electron chi connectivity index (χ3n) is 2.20. The van der Waals surface area contributed by atoms with E-state index in [1.165, 1.54) is 7.11 Å². The van der Waals surface area contributed by atoms with Crippen molar-refractivity contribution in [1.82, 2.24) is 0 Å². The van der Waals surface area contributed by atoms with Gasteiger partial charge in [-0.25, -0.2) is 0 Å². The molecule has 0 fully saturated rings. The van der Waals surface area contributed by atoms with Crippen molar-refractivity contribution in [3.05, 3.63) is 29.3 Å². The SMILES string of the molecule is COc1cc(C(F)(F)F)ccc1C(=O)CCN. The van der Waals surface area contributed by atoms with E-state index in [9.17, 15) is 18.0 Å². The molecule has 0 spiro atoms. The average Bonchev–Trinajstić information content (AvgIpc) is 2.27. The highest BCUT2D eigenvalue weighted by molar-refractivity contribution is 5.98. The molecule has 0 amide bonds. The van der Waals surface area contributed by atoms with Crippen LogP contribution in [0.5, 0.6) is 5.75 Å². The summed E-state index contributed by atoms with van der Waals surface area (Å²) in [5.74, 6) is -0.420. The Labute approximate surface area is 96.4 Å². The lowest BCUT2D eigenvalue weighted by Crippen LogP contribution is -2.11. The quantitative estimate of drug-likeness (QED) is 0.830. The van der Waals surface area contributed by atoms with Crippen molar-refractivity contribution >= 4 is 5.78 Å². The van der Waals surface area contributed by atoms with Gasteiger partial charge in [0, 0.05) is 6.42 Å². The normalized spacial score (nSPS) is 11.4. The summed E-state index contributed by atoms with van der Waals surface area (Å²) in [6, 6.07) is 2.77. The zero-order valence-corrected chi connectivity index (χ0v) is 9.17. The number of benzene rings is 1. The fourth-order valence-electron chi connectivity index (χ4n) is 1.36. The van der Waals surface area contributed by atoms with Gasteiger partial charge in [0.15, 0.2) is 5.78 Å². The van der Waals surface area contributed by atoms with Gasteiger partial charge in [-0.05, 0) is 24.7 Å². The fraction of sp³-hybridized carbons (Fsp3) is 0.364. The summed E-state index contributed by atoms with van der Waals surface area (Å²) in [7, 11) is 1.22. The third-order valence-corrected chi connectivity index (χ3v) is 2.20. The molecule has 2 N–H and O–H groups in total. The molecule has 6 heteroatoms. The van der Waals surface area contributed by atoms with Crippen LogP contribution >= 0.6 is 0 Å². The lowest BCUT2D eigenvalue weighted by Gasteiger charge is -2.11. The Morgan fingerprint density at radius 3 is 2.53 bits per heavy atom. The number of Topliss-reactive ketones (excluding diaryl/α,β-unsaturated/α-hetero) is 1. The Morgan fingerprint density at radius 1 is 1.41 bits per heavy atom. The number of hydrogen-bond acceptors (Lipinski definition) is 3. The number of hydrogen-bond donors (Lipinski definition) is 1. The summed E-state index contributed by atoms with van der Waals surface area (Å²) in [6.07, 6.45) is -4.38. The maximum Gasteiger partial charge on any atom is 0.416 e. The lowest BCUT2D eigenvalue weighted by molar-refractivity contribution is -0.137. The molecule has 0 saturated heterocycles. The summed E-state index contributed by atoms with van der Waals surface area (Å²) in [5.41, 5.74) is 4.48. The maximum absolute atomic E-state index is 12.4. The Morgan fingerprint density at radius 2 is 2.06 bits per heavy atom. The van der Waals surface area contributed by atoms with Gasteiger partial charge in [0.1, 0.15) is 5.75 Å². The minimum Gasteiger partial charge on any atom is -0.496 e. The minimum atomic E-state index is -4.46. The number of halogens is 3. The standard InChI is InChI=1S/C11H12F3NO2/c1-17-10-6-7(11(12,13)14)2-3-8(10)9(16)4-5-15/h2-3,6H,4-5,15H2,1H3. The number of ether oxygens (including phenoxy) is 1. The molecule has 0 aliphatic rings. The second-order valence-electron chi connectivity index (χ2n) is 3.37. The van der Waals surface area contributed by atoms with Crippen LogP contribution in [-0.2, 0) is 6.18 Å². The highest BCUT2D eigenvalue weighted by Crippen LogP contribution is 2.33. The van der Waals surface area contributed by atoms with Crippen LogP contribution in [-0.4, -0.2) is 19.4 Å². The molecule has 1 aromatic rings. The molecule has 0 aliphatic carbocycles. The largest absolute Gasteiger partial charge is 0.496 e. The van der Waals surface area contributed by atoms with Gasteiger partial charge >= 0.3 is 6.18 Å². The molecule has 0 bridgehead atoms. The van der Waals surface area contributed by atoms with Crippen molar-refractivity contribution in [3.8, 4) is 5.75 Å². The molecule has 1 rings (SSSR count). The van der Waals surface area contributed by atoms with E-state index < -0.39 is 11.7 Å². The third kappa shape index (κ3) is 3.20. The van der Waals surface area contributed by atoms with E-state index in [2.05, 4.69) is 0 Å². The van der Waals surface area contributed by atoms with Crippen molar-refractivity contribution in [2.24, 2.45) is 5.73 Å². The highest BCUT2D eigenvalue weighted by Gasteiger charge is 2.31. The molecular formula is C11H12F3NO2. The van der Waals surface area contributed by atoms with E-state index in [1.807, 2.05) is 0 Å². The van der Waals surface area contributed by atoms with E-state index in [0.29, 0.717) is 0 Å². The molecule has 0 aromatic heterocycles. The van der Waals surface area contributed by atoms with Crippen molar-refractivity contribution in [2.45, 2.75) is 12.6 Å². The van der Waals surface area contributed by atoms with Crippen molar-refractivity contribution in [2.75, 3.05) is 13.7 Å². The second kappa shape index (κ2) is 5.18. The maximum atomic E-state index is 12.4. The first-order valence-electron chi connectivity index (χ1n) is 4.88. The molecule has 0 atom stereocenters. The number of alkyl halides is 3. The summed E-state index contributed by atoms with van der Waals surface area (Å²) < 4.78 is 42.1. The highest BCUT2D eigenvalue weighted by atomic mass is 19.4. The summed E-state index contributed by atoms with van der Waals surface area (Å²) in [5, 5.41) is 0. The minimum absolute atomic E-state index is 0.0712. The van der Waals surface area contributed by atoms with Crippen LogP contribution in [0.3, 0.4) is 0 Å². The van der Waals surface area contributed by atoms with Gasteiger partial charge < -0.3 is 10.5 Å². The lowest BCUT2D eigenvalue weighted by atomic mass is 10.0. The summed E-state index contributed by atoms with van der Waals surface area (Å²) in [6.45, 7) is 0.142. The number of carbonyl (C=O) groups is 1. The van der Waals surface area contributed by atoms with E-state index in [0.717, 1.165) is 18.2 Å². The molecule has 94 valence electrons. The van der Waals surface area contributed by atoms with Crippen molar-refractivity contribution in [3.63, 3.8) is 0 Å². The van der Waals surface area contributed by atoms with Crippen molar-refractivity contribution < 1.29 is 22.7 Å². The first-order chi connectivity index (χ1) is 7.90. The zero-order chi connectivity index (χ0) is 13.1. The topological polar surface area (TPSA) is 52.3 Å². The van der Waals surface area contributed by atoms with E-state index in [-0.39, 0.29) is 30.1 Å². The number of methoxy groups -OCH3 is 1. The fourth-order valence-corrected chi connectivity index (χ4v) is 1.36. The molecule has 0 aliphatic heterocycles. The predicted octanol–water partition coefficient (Wildman–Crippen LogP) is 2.25. The molecule has 3 nitrogen and oxygen atoms in total. The molecule has 0 radical (unpaired) electrons. The Hall–Kier alpha value is -1.56. The number of carbonyl (C=O) groups excluding carboxylic acids is 1. The first kappa shape index (κ1) is 13.5. The zero-order valence-electron chi connectivity index (χ0n) is 9.17. The molecule has 17 heavy (non-hydrogen) atoms. The predicted molar refractivity (Wildman–Crippen MR) is 56.0 cm³/mol. The number of ketones is 1. The van der Waals surface area contributed by atoms with Gasteiger partial charge in [0.2, 0.25) is 0 Å². The van der Waals surface area contributed by atoms with Crippen LogP contribution < -0.4 is 10.5 Å². The van der Waals surface area contributed by atoms with Crippen LogP contribution in [0.4, 0.5) is 13.2 Å². The number of rotatable bonds is 4. The number of nitrogens with two attached hydrogens (primary N) is 1. The van der Waals surface area contributed by atoms with Gasteiger partial charge in [-0.2, -0.15) is 13.2 Å². The van der Waals surface area contributed by atoms with E-state index >= 15 is 0 Å². The van der Waals surface area contributed by atoms with Crippen LogP contribution in [0.15, 0.2) is 18.2 Å². The van der Waals surface area contributed by atoms with Gasteiger partial charge in [-0.1, -0.05) is 0 Å². The first-order valence-corrected chi connectivity index (χ1v) is 4.88. The monoisotopic (exact) mass is 247 g/mol. The summed E-state index contributed by atoms with van der Waals surface area (Å²) >= 11 is 0. The summed E-state index contributed by atoms with van der Waals surface area (Å²) in [4.78, 5) is 11.5. The Kier molecular flexibility index (Phi) is 4.11. The van der Waals surface area contributed by atoms with Crippen LogP contribution in [0.25, 0.3) is 0 Å². The molecular weight excluding hydrogens is 235 g/mol. The molecule has 0 heterocycles. The van der Waals surface area contributed by atoms with Crippen LogP contribution in [0, 0.1) is 0 Å². The van der Waals surface area contributed by atoms with Gasteiger partial charge in [-0.15, -0.1) is 0 Å². The second-order valence-corrected chi connectivity index (χ2v) is 3.37. The van der Waals surface area contributed by atoms with Gasteiger partial charge in [0.05, 0.1) is 18.2 Å². The van der Waals surface area contributed by atoms with Gasteiger partial charge in [-0.3, -0.25) is 4.79 Å². The Bertz CT molecular complexity index is 416. The van der Waals surface area contributed by atoms with Crippen molar-refractivity contribution in [1.29, 1.82) is 0 Å². The molecule has 1 aromatic carbocycles. The Balaban J connectivity index is 3.14.